The van der Waals surface area contributed by atoms with E-state index in [0.717, 1.165) is 6.33 Å². The summed E-state index contributed by atoms with van der Waals surface area (Å²) in [4.78, 5) is 17.9. The highest BCUT2D eigenvalue weighted by atomic mass is 16.7. The third-order valence-electron chi connectivity index (χ3n) is 1.00. The molecule has 0 atom stereocenters. The monoisotopic (exact) mass is 170 g/mol. The van der Waals surface area contributed by atoms with Gasteiger partial charge < -0.3 is 14.9 Å². The van der Waals surface area contributed by atoms with E-state index >= 15 is 0 Å². The molecular weight excluding hydrogens is 164 g/mol. The van der Waals surface area contributed by atoms with Crippen LogP contribution in [0.3, 0.4) is 0 Å². The van der Waals surface area contributed by atoms with E-state index in [1.165, 1.54) is 12.3 Å². The number of aliphatic hydroxyl groups is 2. The number of nitrogens with zero attached hydrogens (tertiary/aromatic N) is 2. The molecule has 0 aliphatic heterocycles. The number of carbonyl (C=O) groups is 1. The van der Waals surface area contributed by atoms with Gasteiger partial charge in [0.15, 0.2) is 5.69 Å². The zero-order chi connectivity index (χ0) is 8.97. The molecule has 0 bridgehead atoms. The molecule has 12 heavy (non-hydrogen) atoms. The molecule has 6 heteroatoms. The SMILES string of the molecule is O=C(OC(O)O)c1ccncn1. The fraction of sp³-hybridized carbons (Fsp3) is 0.167. The lowest BCUT2D eigenvalue weighted by atomic mass is 10.4. The van der Waals surface area contributed by atoms with E-state index < -0.39 is 12.4 Å². The van der Waals surface area contributed by atoms with Gasteiger partial charge in [0.05, 0.1) is 0 Å². The Hall–Kier alpha value is -1.53. The van der Waals surface area contributed by atoms with Gasteiger partial charge in [0.2, 0.25) is 0 Å². The van der Waals surface area contributed by atoms with Crippen LogP contribution in [0.25, 0.3) is 0 Å². The van der Waals surface area contributed by atoms with Crippen molar-refractivity contribution in [3.63, 3.8) is 0 Å². The van der Waals surface area contributed by atoms with Crippen molar-refractivity contribution in [2.24, 2.45) is 0 Å². The smallest absolute Gasteiger partial charge is 0.361 e. The first kappa shape index (κ1) is 8.57. The van der Waals surface area contributed by atoms with E-state index in [2.05, 4.69) is 14.7 Å². The van der Waals surface area contributed by atoms with Crippen molar-refractivity contribution in [2.45, 2.75) is 6.48 Å². The zero-order valence-corrected chi connectivity index (χ0v) is 5.91. The Morgan fingerprint density at radius 2 is 2.33 bits per heavy atom. The van der Waals surface area contributed by atoms with E-state index in [4.69, 9.17) is 10.2 Å². The highest BCUT2D eigenvalue weighted by molar-refractivity contribution is 5.86. The summed E-state index contributed by atoms with van der Waals surface area (Å²) in [6.07, 6.45) is 2.49. The van der Waals surface area contributed by atoms with Gasteiger partial charge in [-0.15, -0.1) is 0 Å². The van der Waals surface area contributed by atoms with Crippen LogP contribution in [0.5, 0.6) is 0 Å². The van der Waals surface area contributed by atoms with Crippen LogP contribution in [0.15, 0.2) is 18.6 Å². The van der Waals surface area contributed by atoms with E-state index in [0.29, 0.717) is 0 Å². The number of ether oxygens (including phenoxy) is 1. The molecule has 0 aliphatic rings. The lowest BCUT2D eigenvalue weighted by Gasteiger charge is -2.03. The first-order valence-corrected chi connectivity index (χ1v) is 3.03. The molecular formula is C6H6N2O4. The van der Waals surface area contributed by atoms with Crippen LogP contribution in [0.4, 0.5) is 0 Å². The number of aliphatic hydroxyl groups excluding tert-OH is 1. The van der Waals surface area contributed by atoms with Gasteiger partial charge in [-0.05, 0) is 6.07 Å². The van der Waals surface area contributed by atoms with Crippen LogP contribution >= 0.6 is 0 Å². The normalized spacial score (nSPS) is 9.92. The standard InChI is InChI=1S/C6H6N2O4/c9-5(12-6(10)11)4-1-2-7-3-8-4/h1-3,6,10-11H. The fourth-order valence-corrected chi connectivity index (χ4v) is 0.568. The minimum Gasteiger partial charge on any atom is -0.406 e. The van der Waals surface area contributed by atoms with Gasteiger partial charge in [-0.3, -0.25) is 0 Å². The number of esters is 1. The van der Waals surface area contributed by atoms with Gasteiger partial charge in [0.1, 0.15) is 6.33 Å². The van der Waals surface area contributed by atoms with Gasteiger partial charge in [-0.2, -0.15) is 0 Å². The maximum atomic E-state index is 10.8. The van der Waals surface area contributed by atoms with Crippen LogP contribution in [0.2, 0.25) is 0 Å². The van der Waals surface area contributed by atoms with Crippen molar-refractivity contribution in [3.05, 3.63) is 24.3 Å². The van der Waals surface area contributed by atoms with E-state index in [1.807, 2.05) is 0 Å². The summed E-state index contributed by atoms with van der Waals surface area (Å²) in [7, 11) is 0. The van der Waals surface area contributed by atoms with Crippen LogP contribution in [-0.2, 0) is 4.74 Å². The van der Waals surface area contributed by atoms with Crippen molar-refractivity contribution in [1.82, 2.24) is 9.97 Å². The second kappa shape index (κ2) is 3.74. The Bertz CT molecular complexity index is 262. The lowest BCUT2D eigenvalue weighted by molar-refractivity contribution is -0.200. The zero-order valence-electron chi connectivity index (χ0n) is 5.91. The second-order valence-electron chi connectivity index (χ2n) is 1.83. The summed E-state index contributed by atoms with van der Waals surface area (Å²) in [5, 5.41) is 16.5. The Kier molecular flexibility index (Phi) is 2.67. The molecule has 2 N–H and O–H groups in total. The van der Waals surface area contributed by atoms with Crippen LogP contribution in [0.1, 0.15) is 10.5 Å². The second-order valence-corrected chi connectivity index (χ2v) is 1.83. The fourth-order valence-electron chi connectivity index (χ4n) is 0.568. The minimum absolute atomic E-state index is 0.0295. The first-order chi connectivity index (χ1) is 5.70. The summed E-state index contributed by atoms with van der Waals surface area (Å²) in [6, 6.07) is 1.30. The summed E-state index contributed by atoms with van der Waals surface area (Å²) < 4.78 is 4.02. The molecule has 0 fully saturated rings. The van der Waals surface area contributed by atoms with Gasteiger partial charge in [0.25, 0.3) is 0 Å². The van der Waals surface area contributed by atoms with Crippen molar-refractivity contribution >= 4 is 5.97 Å². The lowest BCUT2D eigenvalue weighted by Crippen LogP contribution is -2.17. The summed E-state index contributed by atoms with van der Waals surface area (Å²) in [5.41, 5.74) is -0.0295. The van der Waals surface area contributed by atoms with Gasteiger partial charge >= 0.3 is 12.4 Å². The molecule has 1 heterocycles. The molecule has 0 saturated carbocycles. The summed E-state index contributed by atoms with van der Waals surface area (Å²) >= 11 is 0. The number of rotatable bonds is 2. The molecule has 0 radical (unpaired) electrons. The first-order valence-electron chi connectivity index (χ1n) is 3.03. The Balaban J connectivity index is 2.66. The average molecular weight is 170 g/mol. The molecule has 0 amide bonds. The van der Waals surface area contributed by atoms with Crippen molar-refractivity contribution in [1.29, 1.82) is 0 Å². The molecule has 1 aromatic heterocycles. The Morgan fingerprint density at radius 1 is 1.58 bits per heavy atom. The van der Waals surface area contributed by atoms with E-state index in [1.54, 1.807) is 0 Å². The highest BCUT2D eigenvalue weighted by Gasteiger charge is 2.10. The molecule has 1 rings (SSSR count). The van der Waals surface area contributed by atoms with Gasteiger partial charge in [0, 0.05) is 6.20 Å². The van der Waals surface area contributed by atoms with Gasteiger partial charge in [-0.25, -0.2) is 14.8 Å². The maximum Gasteiger partial charge on any atom is 0.361 e. The Morgan fingerprint density at radius 3 is 2.83 bits per heavy atom. The molecule has 0 aromatic carbocycles. The van der Waals surface area contributed by atoms with Crippen LogP contribution in [-0.4, -0.2) is 32.6 Å². The van der Waals surface area contributed by atoms with Crippen molar-refractivity contribution in [3.8, 4) is 0 Å². The topological polar surface area (TPSA) is 92.5 Å². The minimum atomic E-state index is -2.12. The number of hydrogen-bond donors (Lipinski definition) is 2. The van der Waals surface area contributed by atoms with Crippen LogP contribution in [0, 0.1) is 0 Å². The molecule has 1 aromatic rings. The highest BCUT2D eigenvalue weighted by Crippen LogP contribution is 1.95. The number of carbonyl (C=O) groups excluding carboxylic acids is 1. The molecule has 6 nitrogen and oxygen atoms in total. The van der Waals surface area contributed by atoms with Crippen molar-refractivity contribution in [2.75, 3.05) is 0 Å². The maximum absolute atomic E-state index is 10.8. The molecule has 0 aliphatic carbocycles. The summed E-state index contributed by atoms with van der Waals surface area (Å²) in [5.74, 6) is -0.910. The largest absolute Gasteiger partial charge is 0.406 e. The van der Waals surface area contributed by atoms with E-state index in [9.17, 15) is 4.79 Å². The van der Waals surface area contributed by atoms with Gasteiger partial charge in [-0.1, -0.05) is 0 Å². The van der Waals surface area contributed by atoms with E-state index in [-0.39, 0.29) is 5.69 Å². The average Bonchev–Trinajstić information content (AvgIpc) is 2.05. The molecule has 0 saturated heterocycles. The predicted molar refractivity (Wildman–Crippen MR) is 35.7 cm³/mol. The molecule has 0 unspecified atom stereocenters. The molecule has 64 valence electrons. The number of hydrogen-bond acceptors (Lipinski definition) is 6. The third kappa shape index (κ3) is 2.26. The van der Waals surface area contributed by atoms with Crippen molar-refractivity contribution < 1.29 is 19.7 Å². The summed E-state index contributed by atoms with van der Waals surface area (Å²) in [6.45, 7) is -2.12. The third-order valence-corrected chi connectivity index (χ3v) is 1.00. The quantitative estimate of drug-likeness (QED) is 0.432. The molecule has 0 spiro atoms. The number of aromatic nitrogens is 2. The Labute approximate surface area is 67.5 Å². The predicted octanol–water partition coefficient (Wildman–Crippen LogP) is -1.10. The van der Waals surface area contributed by atoms with Crippen LogP contribution < -0.4 is 0 Å².